The van der Waals surface area contributed by atoms with E-state index in [0.717, 1.165) is 141 Å². The van der Waals surface area contributed by atoms with Crippen molar-refractivity contribution in [3.8, 4) is 0 Å². The third kappa shape index (κ3) is 53.5. The van der Waals surface area contributed by atoms with Gasteiger partial charge in [-0.3, -0.25) is 23.4 Å². The molecular formula is C62H107O11P. The third-order valence-electron chi connectivity index (χ3n) is 12.3. The molecule has 11 nitrogen and oxygen atoms in total. The molecule has 0 heterocycles. The Balaban J connectivity index is 4.77. The first-order chi connectivity index (χ1) is 36.2. The van der Waals surface area contributed by atoms with E-state index in [1.807, 2.05) is 0 Å². The van der Waals surface area contributed by atoms with Gasteiger partial charge < -0.3 is 24.2 Å². The lowest BCUT2D eigenvalue weighted by Crippen LogP contribution is -2.30. The van der Waals surface area contributed by atoms with Crippen LogP contribution < -0.4 is 0 Å². The van der Waals surface area contributed by atoms with E-state index in [9.17, 15) is 28.9 Å². The summed E-state index contributed by atoms with van der Waals surface area (Å²) in [5.41, 5.74) is 0. The first kappa shape index (κ1) is 70.7. The van der Waals surface area contributed by atoms with E-state index in [2.05, 4.69) is 106 Å². The Morgan fingerprint density at radius 2 is 0.716 bits per heavy atom. The maximum Gasteiger partial charge on any atom is 0.472 e. The molecule has 0 aliphatic carbocycles. The van der Waals surface area contributed by atoms with Crippen LogP contribution in [0.3, 0.4) is 0 Å². The van der Waals surface area contributed by atoms with Gasteiger partial charge in [-0.1, -0.05) is 209 Å². The zero-order valence-electron chi connectivity index (χ0n) is 47.0. The summed E-state index contributed by atoms with van der Waals surface area (Å²) in [4.78, 5) is 48.5. The van der Waals surface area contributed by atoms with Crippen LogP contribution in [0.15, 0.2) is 85.1 Å². The molecule has 3 unspecified atom stereocenters. The maximum atomic E-state index is 12.9. The number of esters is 3. The number of allylic oxidation sites excluding steroid dienone is 14. The van der Waals surface area contributed by atoms with Gasteiger partial charge in [0.15, 0.2) is 6.10 Å². The second kappa shape index (κ2) is 55.9. The molecule has 0 aliphatic heterocycles. The van der Waals surface area contributed by atoms with Crippen LogP contribution in [0.5, 0.6) is 0 Å². The van der Waals surface area contributed by atoms with Crippen molar-refractivity contribution in [3.63, 3.8) is 0 Å². The van der Waals surface area contributed by atoms with E-state index >= 15 is 0 Å². The van der Waals surface area contributed by atoms with Gasteiger partial charge in [0.1, 0.15) is 12.7 Å². The van der Waals surface area contributed by atoms with Crippen LogP contribution in [0.4, 0.5) is 0 Å². The van der Waals surface area contributed by atoms with Gasteiger partial charge in [-0.15, -0.1) is 0 Å². The topological polar surface area (TPSA) is 155 Å². The summed E-state index contributed by atoms with van der Waals surface area (Å²) >= 11 is 0. The quantitative estimate of drug-likeness (QED) is 0.0197. The lowest BCUT2D eigenvalue weighted by atomic mass is 10.1. The summed E-state index contributed by atoms with van der Waals surface area (Å²) in [5.74, 6) is -1.50. The molecule has 74 heavy (non-hydrogen) atoms. The number of carbonyl (C=O) groups excluding carboxylic acids is 3. The van der Waals surface area contributed by atoms with Gasteiger partial charge in [-0.2, -0.15) is 0 Å². The molecule has 0 saturated carbocycles. The first-order valence-electron chi connectivity index (χ1n) is 29.5. The highest BCUT2D eigenvalue weighted by Crippen LogP contribution is 2.43. The number of phosphoric ester groups is 1. The number of carbonyl (C=O) groups is 3. The van der Waals surface area contributed by atoms with Crippen molar-refractivity contribution in [2.24, 2.45) is 0 Å². The van der Waals surface area contributed by atoms with Crippen LogP contribution >= 0.6 is 7.82 Å². The van der Waals surface area contributed by atoms with Crippen molar-refractivity contribution in [2.45, 2.75) is 264 Å². The average molecular weight is 1060 g/mol. The molecule has 0 spiro atoms. The van der Waals surface area contributed by atoms with E-state index in [0.29, 0.717) is 19.3 Å². The predicted octanol–water partition coefficient (Wildman–Crippen LogP) is 17.5. The van der Waals surface area contributed by atoms with Gasteiger partial charge in [0, 0.05) is 19.3 Å². The fourth-order valence-electron chi connectivity index (χ4n) is 7.77. The number of rotatable bonds is 54. The Bertz CT molecular complexity index is 1560. The summed E-state index contributed by atoms with van der Waals surface area (Å²) in [6.07, 6.45) is 63.9. The lowest BCUT2D eigenvalue weighted by Gasteiger charge is -2.21. The molecular weight excluding hydrogens is 952 g/mol. The highest BCUT2D eigenvalue weighted by molar-refractivity contribution is 7.47. The predicted molar refractivity (Wildman–Crippen MR) is 307 cm³/mol. The molecule has 0 saturated heterocycles. The van der Waals surface area contributed by atoms with Crippen LogP contribution in [0.2, 0.25) is 0 Å². The summed E-state index contributed by atoms with van der Waals surface area (Å²) in [6, 6.07) is 0. The van der Waals surface area contributed by atoms with Crippen LogP contribution in [0.25, 0.3) is 0 Å². The second-order valence-electron chi connectivity index (χ2n) is 19.4. The molecule has 3 atom stereocenters. The van der Waals surface area contributed by atoms with Crippen molar-refractivity contribution < 1.29 is 52.2 Å². The SMILES string of the molecule is CC/C=C\C/C=C\C/C=C\C/C=C\CCCCCCCCC(=O)OC(COC(=O)CCCCCCCCC/C=C\C/C=C\CCCCC)COP(=O)(O)OCC(CO)OC(=O)CCCCCCC/C=C\CCCC. The normalized spacial score (nSPS) is 14.0. The Labute approximate surface area is 451 Å². The Morgan fingerprint density at radius 3 is 1.14 bits per heavy atom. The molecule has 0 rings (SSSR count). The molecule has 12 heteroatoms. The molecule has 0 radical (unpaired) electrons. The van der Waals surface area contributed by atoms with Gasteiger partial charge >= 0.3 is 25.7 Å². The van der Waals surface area contributed by atoms with E-state index in [1.54, 1.807) is 0 Å². The van der Waals surface area contributed by atoms with E-state index < -0.39 is 57.8 Å². The van der Waals surface area contributed by atoms with E-state index in [-0.39, 0.29) is 25.9 Å². The zero-order chi connectivity index (χ0) is 54.1. The number of ether oxygens (including phenoxy) is 3. The molecule has 0 bridgehead atoms. The molecule has 0 aromatic carbocycles. The summed E-state index contributed by atoms with van der Waals surface area (Å²) in [7, 11) is -4.76. The monoisotopic (exact) mass is 1060 g/mol. The van der Waals surface area contributed by atoms with Crippen LogP contribution in [-0.4, -0.2) is 66.5 Å². The maximum absolute atomic E-state index is 12.9. The highest BCUT2D eigenvalue weighted by atomic mass is 31.2. The van der Waals surface area contributed by atoms with E-state index in [4.69, 9.17) is 23.3 Å². The first-order valence-corrected chi connectivity index (χ1v) is 31.0. The molecule has 0 amide bonds. The van der Waals surface area contributed by atoms with E-state index in [1.165, 1.54) is 51.4 Å². The van der Waals surface area contributed by atoms with Gasteiger partial charge in [0.2, 0.25) is 0 Å². The molecule has 0 aromatic rings. The number of unbranched alkanes of at least 4 members (excludes halogenated alkanes) is 23. The molecule has 2 N–H and O–H groups in total. The van der Waals surface area contributed by atoms with Crippen molar-refractivity contribution >= 4 is 25.7 Å². The Hall–Kier alpha value is -3.34. The van der Waals surface area contributed by atoms with Gasteiger partial charge in [-0.25, -0.2) is 4.57 Å². The Kier molecular flexibility index (Phi) is 53.4. The fraction of sp³-hybridized carbons (Fsp3) is 0.726. The fourth-order valence-corrected chi connectivity index (χ4v) is 8.55. The van der Waals surface area contributed by atoms with Crippen molar-refractivity contribution in [1.29, 1.82) is 0 Å². The highest BCUT2D eigenvalue weighted by Gasteiger charge is 2.28. The minimum atomic E-state index is -4.76. The van der Waals surface area contributed by atoms with Gasteiger partial charge in [0.05, 0.1) is 19.8 Å². The summed E-state index contributed by atoms with van der Waals surface area (Å²) < 4.78 is 39.5. The number of hydrogen-bond donors (Lipinski definition) is 2. The number of phosphoric acid groups is 1. The van der Waals surface area contributed by atoms with Crippen molar-refractivity contribution in [2.75, 3.05) is 26.4 Å². The smallest absolute Gasteiger partial charge is 0.462 e. The molecule has 0 aromatic heterocycles. The molecule has 0 fully saturated rings. The average Bonchev–Trinajstić information content (AvgIpc) is 3.39. The minimum absolute atomic E-state index is 0.146. The van der Waals surface area contributed by atoms with Crippen LogP contribution in [-0.2, 0) is 42.2 Å². The number of hydrogen-bond acceptors (Lipinski definition) is 10. The van der Waals surface area contributed by atoms with Crippen molar-refractivity contribution in [1.82, 2.24) is 0 Å². The van der Waals surface area contributed by atoms with Crippen molar-refractivity contribution in [3.05, 3.63) is 85.1 Å². The minimum Gasteiger partial charge on any atom is -0.462 e. The Morgan fingerprint density at radius 1 is 0.392 bits per heavy atom. The molecule has 426 valence electrons. The third-order valence-corrected chi connectivity index (χ3v) is 13.2. The summed E-state index contributed by atoms with van der Waals surface area (Å²) in [5, 5.41) is 9.80. The van der Waals surface area contributed by atoms with Crippen LogP contribution in [0, 0.1) is 0 Å². The molecule has 0 aliphatic rings. The standard InChI is InChI=1S/C62H107O11P/c1-4-7-10-13-16-19-22-24-26-28-29-31-33-35-38-41-44-47-50-53-62(66)73-59(55-69-60(64)51-48-45-42-39-37-34-32-30-27-25-23-20-17-14-11-8-5-2)57-71-74(67,68)70-56-58(54-63)72-61(65)52-49-46-43-40-36-21-18-15-12-9-6-3/h7,10,15-20,24-27,29,31,58-59,63H,4-6,8-9,11-14,21-23,28,30,32-57H2,1-3H3,(H,67,68)/b10-7-,18-15-,19-16-,20-17-,26-24-,27-25-,31-29-. The largest absolute Gasteiger partial charge is 0.472 e. The number of aliphatic hydroxyl groups excluding tert-OH is 1. The lowest BCUT2D eigenvalue weighted by molar-refractivity contribution is -0.161. The zero-order valence-corrected chi connectivity index (χ0v) is 47.9. The second-order valence-corrected chi connectivity index (χ2v) is 20.9. The summed E-state index contributed by atoms with van der Waals surface area (Å²) in [6.45, 7) is 4.44. The van der Waals surface area contributed by atoms with Gasteiger partial charge in [-0.05, 0) is 109 Å². The van der Waals surface area contributed by atoms with Crippen LogP contribution in [0.1, 0.15) is 252 Å². The number of aliphatic hydroxyl groups is 1. The van der Waals surface area contributed by atoms with Gasteiger partial charge in [0.25, 0.3) is 0 Å².